The molecule has 0 aliphatic heterocycles. The molecule has 0 radical (unpaired) electrons. The Bertz CT molecular complexity index is 636. The van der Waals surface area contributed by atoms with Gasteiger partial charge in [0.15, 0.2) is 5.69 Å². The van der Waals surface area contributed by atoms with Crippen LogP contribution in [0.25, 0.3) is 5.69 Å². The fourth-order valence-electron chi connectivity index (χ4n) is 1.71. The van der Waals surface area contributed by atoms with Crippen LogP contribution in [0.2, 0.25) is 0 Å². The van der Waals surface area contributed by atoms with Gasteiger partial charge in [0.2, 0.25) is 5.91 Å². The SMILES string of the molecule is CC(C)C(=O)NCCNC(=O)c1cnn(-c2ccccc2)n1. The lowest BCUT2D eigenvalue weighted by Gasteiger charge is -2.07. The van der Waals surface area contributed by atoms with E-state index in [4.69, 9.17) is 0 Å². The molecule has 0 atom stereocenters. The van der Waals surface area contributed by atoms with Crippen molar-refractivity contribution < 1.29 is 9.59 Å². The number of nitrogens with one attached hydrogen (secondary N) is 2. The van der Waals surface area contributed by atoms with Crippen LogP contribution in [0.1, 0.15) is 24.3 Å². The first kappa shape index (κ1) is 15.7. The average molecular weight is 301 g/mol. The van der Waals surface area contributed by atoms with E-state index in [1.165, 1.54) is 11.0 Å². The Kier molecular flexibility index (Phi) is 5.24. The first-order valence-electron chi connectivity index (χ1n) is 7.11. The van der Waals surface area contributed by atoms with Crippen molar-refractivity contribution in [2.24, 2.45) is 5.92 Å². The largest absolute Gasteiger partial charge is 0.354 e. The van der Waals surface area contributed by atoms with Gasteiger partial charge in [0.25, 0.3) is 5.91 Å². The van der Waals surface area contributed by atoms with E-state index < -0.39 is 0 Å². The maximum Gasteiger partial charge on any atom is 0.273 e. The minimum absolute atomic E-state index is 0.0377. The summed E-state index contributed by atoms with van der Waals surface area (Å²) in [7, 11) is 0. The van der Waals surface area contributed by atoms with E-state index in [9.17, 15) is 9.59 Å². The molecule has 2 amide bonds. The third-order valence-corrected chi connectivity index (χ3v) is 2.95. The first-order valence-corrected chi connectivity index (χ1v) is 7.11. The molecule has 0 unspecified atom stereocenters. The third kappa shape index (κ3) is 4.15. The minimum Gasteiger partial charge on any atom is -0.354 e. The first-order chi connectivity index (χ1) is 10.6. The number of amides is 2. The quantitative estimate of drug-likeness (QED) is 0.771. The van der Waals surface area contributed by atoms with Crippen LogP contribution in [-0.4, -0.2) is 39.9 Å². The zero-order valence-corrected chi connectivity index (χ0v) is 12.6. The predicted molar refractivity (Wildman–Crippen MR) is 81.5 cm³/mol. The van der Waals surface area contributed by atoms with Gasteiger partial charge in [0.05, 0.1) is 11.9 Å². The van der Waals surface area contributed by atoms with Gasteiger partial charge in [-0.05, 0) is 12.1 Å². The monoisotopic (exact) mass is 301 g/mol. The highest BCUT2D eigenvalue weighted by Gasteiger charge is 2.11. The fourth-order valence-corrected chi connectivity index (χ4v) is 1.71. The highest BCUT2D eigenvalue weighted by molar-refractivity contribution is 5.91. The molecule has 1 aromatic heterocycles. The van der Waals surface area contributed by atoms with Gasteiger partial charge < -0.3 is 10.6 Å². The van der Waals surface area contributed by atoms with Crippen molar-refractivity contribution in [3.63, 3.8) is 0 Å². The van der Waals surface area contributed by atoms with Crippen molar-refractivity contribution in [1.82, 2.24) is 25.6 Å². The van der Waals surface area contributed by atoms with Crippen LogP contribution < -0.4 is 10.6 Å². The molecular formula is C15H19N5O2. The normalized spacial score (nSPS) is 10.5. The molecule has 0 aliphatic carbocycles. The van der Waals surface area contributed by atoms with Crippen LogP contribution in [0.3, 0.4) is 0 Å². The second-order valence-electron chi connectivity index (χ2n) is 5.06. The number of nitrogens with zero attached hydrogens (tertiary/aromatic N) is 3. The molecule has 7 heteroatoms. The molecule has 0 spiro atoms. The van der Waals surface area contributed by atoms with E-state index in [1.807, 2.05) is 44.2 Å². The number of hydrogen-bond donors (Lipinski definition) is 2. The van der Waals surface area contributed by atoms with Crippen molar-refractivity contribution in [2.45, 2.75) is 13.8 Å². The fraction of sp³-hybridized carbons (Fsp3) is 0.333. The van der Waals surface area contributed by atoms with Gasteiger partial charge in [-0.2, -0.15) is 9.90 Å². The van der Waals surface area contributed by atoms with E-state index in [0.29, 0.717) is 13.1 Å². The zero-order chi connectivity index (χ0) is 15.9. The Balaban J connectivity index is 1.84. The predicted octanol–water partition coefficient (Wildman–Crippen LogP) is 0.769. The smallest absolute Gasteiger partial charge is 0.273 e. The number of aromatic nitrogens is 3. The van der Waals surface area contributed by atoms with Gasteiger partial charge in [-0.15, -0.1) is 5.10 Å². The summed E-state index contributed by atoms with van der Waals surface area (Å²) in [5.74, 6) is -0.424. The number of hydrogen-bond acceptors (Lipinski definition) is 4. The molecule has 116 valence electrons. The van der Waals surface area contributed by atoms with Crippen LogP contribution in [0, 0.1) is 5.92 Å². The molecule has 22 heavy (non-hydrogen) atoms. The summed E-state index contributed by atoms with van der Waals surface area (Å²) >= 11 is 0. The summed E-state index contributed by atoms with van der Waals surface area (Å²) in [6, 6.07) is 9.34. The van der Waals surface area contributed by atoms with Gasteiger partial charge in [-0.1, -0.05) is 32.0 Å². The van der Waals surface area contributed by atoms with Crippen molar-refractivity contribution in [2.75, 3.05) is 13.1 Å². The average Bonchev–Trinajstić information content (AvgIpc) is 3.02. The zero-order valence-electron chi connectivity index (χ0n) is 12.6. The summed E-state index contributed by atoms with van der Waals surface area (Å²) in [6.07, 6.45) is 1.41. The van der Waals surface area contributed by atoms with Crippen LogP contribution >= 0.6 is 0 Å². The number of rotatable bonds is 6. The molecule has 2 aromatic rings. The van der Waals surface area contributed by atoms with Gasteiger partial charge in [0, 0.05) is 19.0 Å². The van der Waals surface area contributed by atoms with Crippen LogP contribution in [0.5, 0.6) is 0 Å². The lowest BCUT2D eigenvalue weighted by Crippen LogP contribution is -2.36. The van der Waals surface area contributed by atoms with E-state index in [2.05, 4.69) is 20.8 Å². The molecular weight excluding hydrogens is 282 g/mol. The van der Waals surface area contributed by atoms with Crippen LogP contribution in [-0.2, 0) is 4.79 Å². The van der Waals surface area contributed by atoms with Gasteiger partial charge in [-0.3, -0.25) is 9.59 Å². The third-order valence-electron chi connectivity index (χ3n) is 2.95. The maximum absolute atomic E-state index is 11.9. The van der Waals surface area contributed by atoms with Crippen LogP contribution in [0.4, 0.5) is 0 Å². The summed E-state index contributed by atoms with van der Waals surface area (Å²) < 4.78 is 0. The Hall–Kier alpha value is -2.70. The highest BCUT2D eigenvalue weighted by Crippen LogP contribution is 2.03. The molecule has 2 N–H and O–H groups in total. The summed E-state index contributed by atoms with van der Waals surface area (Å²) in [5.41, 5.74) is 1.02. The van der Waals surface area contributed by atoms with Gasteiger partial charge in [0.1, 0.15) is 0 Å². The topological polar surface area (TPSA) is 88.9 Å². The standard InChI is InChI=1S/C15H19N5O2/c1-11(2)14(21)16-8-9-17-15(22)13-10-18-20(19-13)12-6-4-3-5-7-12/h3-7,10-11H,8-9H2,1-2H3,(H,16,21)(H,17,22). The Morgan fingerprint density at radius 1 is 1.14 bits per heavy atom. The van der Waals surface area contributed by atoms with E-state index in [1.54, 1.807) is 0 Å². The Morgan fingerprint density at radius 2 is 1.82 bits per heavy atom. The van der Waals surface area contributed by atoms with Crippen molar-refractivity contribution in [3.8, 4) is 5.69 Å². The molecule has 0 saturated heterocycles. The lowest BCUT2D eigenvalue weighted by atomic mass is 10.2. The molecule has 7 nitrogen and oxygen atoms in total. The van der Waals surface area contributed by atoms with Crippen molar-refractivity contribution >= 4 is 11.8 Å². The number of benzene rings is 1. The molecule has 0 saturated carbocycles. The molecule has 0 fully saturated rings. The molecule has 2 rings (SSSR count). The van der Waals surface area contributed by atoms with E-state index >= 15 is 0 Å². The Labute approximate surface area is 128 Å². The second kappa shape index (κ2) is 7.35. The maximum atomic E-state index is 11.9. The number of carbonyl (C=O) groups excluding carboxylic acids is 2. The van der Waals surface area contributed by atoms with Crippen molar-refractivity contribution in [1.29, 1.82) is 0 Å². The van der Waals surface area contributed by atoms with Crippen LogP contribution in [0.15, 0.2) is 36.5 Å². The Morgan fingerprint density at radius 3 is 2.50 bits per heavy atom. The lowest BCUT2D eigenvalue weighted by molar-refractivity contribution is -0.123. The number of para-hydroxylation sites is 1. The number of carbonyl (C=O) groups is 2. The van der Waals surface area contributed by atoms with Gasteiger partial charge in [-0.25, -0.2) is 0 Å². The summed E-state index contributed by atoms with van der Waals surface area (Å²) in [4.78, 5) is 24.7. The van der Waals surface area contributed by atoms with Crippen molar-refractivity contribution in [3.05, 3.63) is 42.2 Å². The highest BCUT2D eigenvalue weighted by atomic mass is 16.2. The van der Waals surface area contributed by atoms with Gasteiger partial charge >= 0.3 is 0 Å². The summed E-state index contributed by atoms with van der Waals surface area (Å²) in [6.45, 7) is 4.36. The summed E-state index contributed by atoms with van der Waals surface area (Å²) in [5, 5.41) is 13.6. The molecule has 0 bridgehead atoms. The van der Waals surface area contributed by atoms with E-state index in [-0.39, 0.29) is 23.4 Å². The molecule has 1 heterocycles. The molecule has 0 aliphatic rings. The van der Waals surface area contributed by atoms with E-state index in [0.717, 1.165) is 5.69 Å². The second-order valence-corrected chi connectivity index (χ2v) is 5.06. The minimum atomic E-state index is -0.319. The molecule has 1 aromatic carbocycles.